The molecule has 0 radical (unpaired) electrons. The Morgan fingerprint density at radius 3 is 2.54 bits per heavy atom. The standard InChI is InChI=1S/C9H20O3Si/c1-7(2)12-13-6-4-5-8(3)9(10)11/h7-8H,4-6,13H2,1-3H3,(H,10,11). The van der Waals surface area contributed by atoms with E-state index in [2.05, 4.69) is 0 Å². The molecule has 0 saturated heterocycles. The van der Waals surface area contributed by atoms with Gasteiger partial charge in [-0.15, -0.1) is 0 Å². The van der Waals surface area contributed by atoms with Crippen LogP contribution in [0.4, 0.5) is 0 Å². The van der Waals surface area contributed by atoms with Crippen LogP contribution in [0.5, 0.6) is 0 Å². The Hall–Kier alpha value is -0.353. The van der Waals surface area contributed by atoms with Crippen molar-refractivity contribution < 1.29 is 14.3 Å². The van der Waals surface area contributed by atoms with Gasteiger partial charge >= 0.3 is 5.97 Å². The molecule has 0 aliphatic rings. The number of rotatable bonds is 7. The summed E-state index contributed by atoms with van der Waals surface area (Å²) < 4.78 is 5.48. The molecule has 0 amide bonds. The summed E-state index contributed by atoms with van der Waals surface area (Å²) in [4.78, 5) is 10.5. The van der Waals surface area contributed by atoms with Gasteiger partial charge in [-0.3, -0.25) is 4.79 Å². The zero-order valence-corrected chi connectivity index (χ0v) is 10.2. The van der Waals surface area contributed by atoms with Crippen LogP contribution in [0.3, 0.4) is 0 Å². The van der Waals surface area contributed by atoms with E-state index in [1.807, 2.05) is 13.8 Å². The fourth-order valence-electron chi connectivity index (χ4n) is 0.995. The summed E-state index contributed by atoms with van der Waals surface area (Å²) in [5, 5.41) is 8.61. The van der Waals surface area contributed by atoms with Crippen molar-refractivity contribution in [3.05, 3.63) is 0 Å². The molecule has 0 aromatic carbocycles. The summed E-state index contributed by atoms with van der Waals surface area (Å²) >= 11 is 0. The van der Waals surface area contributed by atoms with Gasteiger partial charge in [0.05, 0.1) is 5.92 Å². The Morgan fingerprint density at radius 1 is 1.46 bits per heavy atom. The molecule has 1 unspecified atom stereocenters. The predicted octanol–water partition coefficient (Wildman–Crippen LogP) is 1.41. The van der Waals surface area contributed by atoms with Gasteiger partial charge in [0.15, 0.2) is 9.76 Å². The number of carboxylic acids is 1. The lowest BCUT2D eigenvalue weighted by Gasteiger charge is -2.08. The van der Waals surface area contributed by atoms with Gasteiger partial charge in [-0.1, -0.05) is 13.3 Å². The Balaban J connectivity index is 3.21. The van der Waals surface area contributed by atoms with E-state index in [0.717, 1.165) is 18.9 Å². The Kier molecular flexibility index (Phi) is 6.90. The van der Waals surface area contributed by atoms with Crippen molar-refractivity contribution >= 4 is 15.7 Å². The summed E-state index contributed by atoms with van der Waals surface area (Å²) in [7, 11) is -0.397. The van der Waals surface area contributed by atoms with Crippen LogP contribution in [0.25, 0.3) is 0 Å². The normalized spacial score (nSPS) is 14.2. The molecule has 0 bridgehead atoms. The van der Waals surface area contributed by atoms with Crippen molar-refractivity contribution in [2.75, 3.05) is 0 Å². The minimum absolute atomic E-state index is 0.201. The third kappa shape index (κ3) is 7.99. The smallest absolute Gasteiger partial charge is 0.306 e. The maximum atomic E-state index is 10.5. The quantitative estimate of drug-likeness (QED) is 0.504. The molecule has 0 heterocycles. The first-order valence-electron chi connectivity index (χ1n) is 4.88. The fraction of sp³-hybridized carbons (Fsp3) is 0.889. The van der Waals surface area contributed by atoms with Gasteiger partial charge in [0.25, 0.3) is 0 Å². The molecule has 0 saturated carbocycles. The van der Waals surface area contributed by atoms with E-state index in [-0.39, 0.29) is 5.92 Å². The van der Waals surface area contributed by atoms with E-state index in [9.17, 15) is 4.79 Å². The van der Waals surface area contributed by atoms with E-state index >= 15 is 0 Å². The van der Waals surface area contributed by atoms with Crippen molar-refractivity contribution in [1.29, 1.82) is 0 Å². The number of carbonyl (C=O) groups is 1. The summed E-state index contributed by atoms with van der Waals surface area (Å²) in [5.41, 5.74) is 0. The summed E-state index contributed by atoms with van der Waals surface area (Å²) in [5.74, 6) is -0.889. The monoisotopic (exact) mass is 204 g/mol. The number of hydrogen-bond donors (Lipinski definition) is 1. The van der Waals surface area contributed by atoms with Crippen LogP contribution in [0, 0.1) is 5.92 Å². The van der Waals surface area contributed by atoms with Gasteiger partial charge in [-0.05, 0) is 26.3 Å². The Labute approximate surface area is 82.4 Å². The molecule has 0 aromatic heterocycles. The highest BCUT2D eigenvalue weighted by Crippen LogP contribution is 2.07. The molecule has 13 heavy (non-hydrogen) atoms. The highest BCUT2D eigenvalue weighted by atomic mass is 28.2. The van der Waals surface area contributed by atoms with Crippen LogP contribution in [0.1, 0.15) is 33.6 Å². The van der Waals surface area contributed by atoms with Gasteiger partial charge in [0, 0.05) is 6.10 Å². The van der Waals surface area contributed by atoms with Crippen molar-refractivity contribution in [3.63, 3.8) is 0 Å². The Bertz CT molecular complexity index is 148. The van der Waals surface area contributed by atoms with E-state index in [1.165, 1.54) is 0 Å². The SMILES string of the molecule is CC(C)O[SiH2]CCCC(C)C(=O)O. The molecule has 0 aromatic rings. The van der Waals surface area contributed by atoms with E-state index < -0.39 is 15.7 Å². The largest absolute Gasteiger partial charge is 0.481 e. The van der Waals surface area contributed by atoms with Crippen LogP contribution in [0.15, 0.2) is 0 Å². The van der Waals surface area contributed by atoms with Crippen LogP contribution in [-0.4, -0.2) is 26.9 Å². The molecule has 0 fully saturated rings. The molecule has 1 N–H and O–H groups in total. The molecule has 0 aliphatic heterocycles. The average molecular weight is 204 g/mol. The number of aliphatic carboxylic acids is 1. The van der Waals surface area contributed by atoms with E-state index in [0.29, 0.717) is 6.10 Å². The molecule has 0 spiro atoms. The molecule has 4 heteroatoms. The highest BCUT2D eigenvalue weighted by molar-refractivity contribution is 6.27. The van der Waals surface area contributed by atoms with Gasteiger partial charge in [0.2, 0.25) is 0 Å². The van der Waals surface area contributed by atoms with Gasteiger partial charge in [-0.25, -0.2) is 0 Å². The first-order valence-corrected chi connectivity index (χ1v) is 6.46. The second-order valence-electron chi connectivity index (χ2n) is 3.65. The second-order valence-corrected chi connectivity index (χ2v) is 5.10. The topological polar surface area (TPSA) is 46.5 Å². The van der Waals surface area contributed by atoms with Gasteiger partial charge in [0.1, 0.15) is 0 Å². The number of hydrogen-bond acceptors (Lipinski definition) is 2. The fourth-order valence-corrected chi connectivity index (χ4v) is 2.13. The first-order chi connectivity index (χ1) is 6.04. The van der Waals surface area contributed by atoms with E-state index in [4.69, 9.17) is 9.53 Å². The van der Waals surface area contributed by atoms with Crippen molar-refractivity contribution in [2.24, 2.45) is 5.92 Å². The van der Waals surface area contributed by atoms with Crippen LogP contribution < -0.4 is 0 Å². The zero-order valence-electron chi connectivity index (χ0n) is 8.75. The Morgan fingerprint density at radius 2 is 2.08 bits per heavy atom. The molecule has 0 rings (SSSR count). The van der Waals surface area contributed by atoms with Gasteiger partial charge < -0.3 is 9.53 Å². The third-order valence-corrected chi connectivity index (χ3v) is 3.60. The van der Waals surface area contributed by atoms with E-state index in [1.54, 1.807) is 6.92 Å². The number of carboxylic acid groups (broad SMARTS) is 1. The minimum atomic E-state index is -0.688. The summed E-state index contributed by atoms with van der Waals surface area (Å²) in [6.07, 6.45) is 2.11. The molecule has 0 aliphatic carbocycles. The predicted molar refractivity (Wildman–Crippen MR) is 55.6 cm³/mol. The summed E-state index contributed by atoms with van der Waals surface area (Å²) in [6.45, 7) is 5.83. The molecule has 1 atom stereocenters. The third-order valence-electron chi connectivity index (χ3n) is 1.90. The lowest BCUT2D eigenvalue weighted by atomic mass is 10.1. The highest BCUT2D eigenvalue weighted by Gasteiger charge is 2.09. The minimum Gasteiger partial charge on any atom is -0.481 e. The lowest BCUT2D eigenvalue weighted by Crippen LogP contribution is -2.10. The molecular formula is C9H20O3Si. The zero-order chi connectivity index (χ0) is 10.3. The summed E-state index contributed by atoms with van der Waals surface area (Å²) in [6, 6.07) is 1.09. The van der Waals surface area contributed by atoms with Crippen LogP contribution >= 0.6 is 0 Å². The van der Waals surface area contributed by atoms with Gasteiger partial charge in [-0.2, -0.15) is 0 Å². The first kappa shape index (κ1) is 12.6. The van der Waals surface area contributed by atoms with Crippen molar-refractivity contribution in [2.45, 2.75) is 45.8 Å². The van der Waals surface area contributed by atoms with Crippen LogP contribution in [-0.2, 0) is 9.22 Å². The molecule has 78 valence electrons. The van der Waals surface area contributed by atoms with Crippen molar-refractivity contribution in [3.8, 4) is 0 Å². The molecule has 3 nitrogen and oxygen atoms in total. The average Bonchev–Trinajstić information content (AvgIpc) is 2.02. The maximum absolute atomic E-state index is 10.5. The molecular weight excluding hydrogens is 184 g/mol. The maximum Gasteiger partial charge on any atom is 0.306 e. The van der Waals surface area contributed by atoms with Crippen molar-refractivity contribution in [1.82, 2.24) is 0 Å². The second kappa shape index (κ2) is 7.09. The van der Waals surface area contributed by atoms with Crippen LogP contribution in [0.2, 0.25) is 6.04 Å². The lowest BCUT2D eigenvalue weighted by molar-refractivity contribution is -0.141.